The van der Waals surface area contributed by atoms with E-state index in [1.54, 1.807) is 12.1 Å². The molecule has 0 fully saturated rings. The van der Waals surface area contributed by atoms with Crippen molar-refractivity contribution >= 4 is 43.3 Å². The number of fused-ring (bicyclic) bond motifs is 1. The molecule has 3 aromatic rings. The predicted octanol–water partition coefficient (Wildman–Crippen LogP) is 5.53. The van der Waals surface area contributed by atoms with Gasteiger partial charge in [-0.25, -0.2) is 14.2 Å². The Bertz CT molecular complexity index is 924. The standard InChI is InChI=1S/C18H15BrFNO3S/c1-2-3-8-24-18(23)15-16(22)13-12(9-21-15)25-17(14(13)19)10-4-6-11(20)7-5-10/h4-7,9,22H,2-3,8H2,1H3. The first-order valence-corrected chi connectivity index (χ1v) is 9.37. The van der Waals surface area contributed by atoms with E-state index in [1.807, 2.05) is 6.92 Å². The number of nitrogens with zero attached hydrogens (tertiary/aromatic N) is 1. The number of esters is 1. The summed E-state index contributed by atoms with van der Waals surface area (Å²) in [4.78, 5) is 17.0. The van der Waals surface area contributed by atoms with E-state index in [-0.39, 0.29) is 17.3 Å². The van der Waals surface area contributed by atoms with Gasteiger partial charge in [0.15, 0.2) is 11.4 Å². The number of aromatic nitrogens is 1. The third-order valence-electron chi connectivity index (χ3n) is 3.68. The van der Waals surface area contributed by atoms with Crippen molar-refractivity contribution in [1.29, 1.82) is 0 Å². The summed E-state index contributed by atoms with van der Waals surface area (Å²) in [5.74, 6) is -1.17. The van der Waals surface area contributed by atoms with Crippen LogP contribution < -0.4 is 0 Å². The number of thiophene rings is 1. The van der Waals surface area contributed by atoms with Gasteiger partial charge in [0.2, 0.25) is 0 Å². The molecule has 130 valence electrons. The van der Waals surface area contributed by atoms with Crippen molar-refractivity contribution < 1.29 is 19.0 Å². The number of pyridine rings is 1. The minimum atomic E-state index is -0.644. The molecule has 0 aliphatic carbocycles. The lowest BCUT2D eigenvalue weighted by atomic mass is 10.1. The highest BCUT2D eigenvalue weighted by Crippen LogP contribution is 2.46. The third kappa shape index (κ3) is 3.52. The molecule has 0 atom stereocenters. The van der Waals surface area contributed by atoms with Crippen molar-refractivity contribution in [3.8, 4) is 16.2 Å². The fourth-order valence-corrected chi connectivity index (χ4v) is 4.43. The van der Waals surface area contributed by atoms with Crippen LogP contribution in [-0.4, -0.2) is 22.7 Å². The zero-order valence-electron chi connectivity index (χ0n) is 13.4. The van der Waals surface area contributed by atoms with Gasteiger partial charge in [-0.3, -0.25) is 0 Å². The normalized spacial score (nSPS) is 11.0. The largest absolute Gasteiger partial charge is 0.505 e. The van der Waals surface area contributed by atoms with Crippen LogP contribution in [0.4, 0.5) is 4.39 Å². The summed E-state index contributed by atoms with van der Waals surface area (Å²) in [6.45, 7) is 2.29. The fourth-order valence-electron chi connectivity index (χ4n) is 2.36. The number of benzene rings is 1. The lowest BCUT2D eigenvalue weighted by Crippen LogP contribution is -2.08. The summed E-state index contributed by atoms with van der Waals surface area (Å²) < 4.78 is 19.6. The van der Waals surface area contributed by atoms with Gasteiger partial charge >= 0.3 is 5.97 Å². The summed E-state index contributed by atoms with van der Waals surface area (Å²) in [5, 5.41) is 11.0. The van der Waals surface area contributed by atoms with Crippen LogP contribution in [0.5, 0.6) is 5.75 Å². The van der Waals surface area contributed by atoms with Crippen LogP contribution in [-0.2, 0) is 4.74 Å². The van der Waals surface area contributed by atoms with Crippen LogP contribution in [0.3, 0.4) is 0 Å². The second-order valence-electron chi connectivity index (χ2n) is 5.44. The van der Waals surface area contributed by atoms with Gasteiger partial charge in [-0.2, -0.15) is 0 Å². The maximum Gasteiger partial charge on any atom is 0.360 e. The third-order valence-corrected chi connectivity index (χ3v) is 5.91. The molecule has 0 saturated heterocycles. The van der Waals surface area contributed by atoms with Crippen molar-refractivity contribution in [2.24, 2.45) is 0 Å². The van der Waals surface area contributed by atoms with E-state index >= 15 is 0 Å². The Morgan fingerprint density at radius 1 is 1.36 bits per heavy atom. The van der Waals surface area contributed by atoms with Gasteiger partial charge in [-0.05, 0) is 40.0 Å². The Labute approximate surface area is 156 Å². The molecule has 4 nitrogen and oxygen atoms in total. The number of carbonyl (C=O) groups excluding carboxylic acids is 1. The van der Waals surface area contributed by atoms with Crippen LogP contribution in [0.15, 0.2) is 34.9 Å². The van der Waals surface area contributed by atoms with Crippen LogP contribution >= 0.6 is 27.3 Å². The fraction of sp³-hybridized carbons (Fsp3) is 0.222. The Hall–Kier alpha value is -1.99. The van der Waals surface area contributed by atoms with E-state index in [9.17, 15) is 14.3 Å². The maximum atomic E-state index is 13.1. The van der Waals surface area contributed by atoms with E-state index in [0.29, 0.717) is 21.2 Å². The Kier molecular flexibility index (Phi) is 5.34. The van der Waals surface area contributed by atoms with Gasteiger partial charge in [-0.1, -0.05) is 25.5 Å². The second-order valence-corrected chi connectivity index (χ2v) is 7.28. The smallest absolute Gasteiger partial charge is 0.360 e. The van der Waals surface area contributed by atoms with Crippen molar-refractivity contribution in [3.05, 3.63) is 46.4 Å². The molecule has 0 aliphatic heterocycles. The number of hydrogen-bond acceptors (Lipinski definition) is 5. The van der Waals surface area contributed by atoms with Crippen molar-refractivity contribution in [2.75, 3.05) is 6.61 Å². The number of hydrogen-bond donors (Lipinski definition) is 1. The van der Waals surface area contributed by atoms with E-state index in [2.05, 4.69) is 20.9 Å². The number of carbonyl (C=O) groups is 1. The lowest BCUT2D eigenvalue weighted by Gasteiger charge is -2.06. The predicted molar refractivity (Wildman–Crippen MR) is 99.6 cm³/mol. The topological polar surface area (TPSA) is 59.4 Å². The first kappa shape index (κ1) is 17.8. The highest BCUT2D eigenvalue weighted by molar-refractivity contribution is 9.10. The van der Waals surface area contributed by atoms with Crippen molar-refractivity contribution in [2.45, 2.75) is 19.8 Å². The van der Waals surface area contributed by atoms with Gasteiger partial charge in [-0.15, -0.1) is 11.3 Å². The first-order valence-electron chi connectivity index (χ1n) is 7.76. The van der Waals surface area contributed by atoms with E-state index in [4.69, 9.17) is 4.74 Å². The van der Waals surface area contributed by atoms with E-state index in [1.165, 1.54) is 29.7 Å². The van der Waals surface area contributed by atoms with Gasteiger partial charge in [0.25, 0.3) is 0 Å². The van der Waals surface area contributed by atoms with Crippen LogP contribution in [0, 0.1) is 5.82 Å². The molecule has 0 aliphatic rings. The molecule has 0 unspecified atom stereocenters. The van der Waals surface area contributed by atoms with E-state index < -0.39 is 5.97 Å². The number of rotatable bonds is 5. The lowest BCUT2D eigenvalue weighted by molar-refractivity contribution is 0.0489. The molecule has 25 heavy (non-hydrogen) atoms. The summed E-state index contributed by atoms with van der Waals surface area (Å²) in [7, 11) is 0. The van der Waals surface area contributed by atoms with Gasteiger partial charge in [0.05, 0.1) is 16.7 Å². The molecular formula is C18H15BrFNO3S. The van der Waals surface area contributed by atoms with Crippen LogP contribution in [0.1, 0.15) is 30.3 Å². The van der Waals surface area contributed by atoms with Gasteiger partial charge < -0.3 is 9.84 Å². The molecule has 0 amide bonds. The molecule has 0 bridgehead atoms. The molecule has 0 spiro atoms. The van der Waals surface area contributed by atoms with Gasteiger partial charge in [0, 0.05) is 15.5 Å². The molecule has 0 radical (unpaired) electrons. The first-order chi connectivity index (χ1) is 12.0. The minimum absolute atomic E-state index is 0.104. The Morgan fingerprint density at radius 3 is 2.76 bits per heavy atom. The average Bonchev–Trinajstić information content (AvgIpc) is 2.93. The molecule has 2 aromatic heterocycles. The van der Waals surface area contributed by atoms with Crippen LogP contribution in [0.25, 0.3) is 20.5 Å². The number of halogens is 2. The second kappa shape index (κ2) is 7.49. The zero-order chi connectivity index (χ0) is 18.0. The van der Waals surface area contributed by atoms with Gasteiger partial charge in [0.1, 0.15) is 5.82 Å². The molecule has 1 N–H and O–H groups in total. The van der Waals surface area contributed by atoms with Crippen molar-refractivity contribution in [1.82, 2.24) is 4.98 Å². The molecule has 3 rings (SSSR count). The molecule has 7 heteroatoms. The highest BCUT2D eigenvalue weighted by atomic mass is 79.9. The molecule has 0 saturated carbocycles. The monoisotopic (exact) mass is 423 g/mol. The number of ether oxygens (including phenoxy) is 1. The summed E-state index contributed by atoms with van der Waals surface area (Å²) in [6, 6.07) is 6.08. The summed E-state index contributed by atoms with van der Waals surface area (Å²) in [5.41, 5.74) is 0.703. The molecule has 1 aromatic carbocycles. The van der Waals surface area contributed by atoms with Crippen LogP contribution in [0.2, 0.25) is 0 Å². The number of unbranched alkanes of at least 4 members (excludes halogenated alkanes) is 1. The van der Waals surface area contributed by atoms with E-state index in [0.717, 1.165) is 23.3 Å². The Morgan fingerprint density at radius 2 is 2.08 bits per heavy atom. The SMILES string of the molecule is CCCCOC(=O)c1ncc2sc(-c3ccc(F)cc3)c(Br)c2c1O. The quantitative estimate of drug-likeness (QED) is 0.432. The number of aromatic hydroxyl groups is 1. The van der Waals surface area contributed by atoms with Crippen molar-refractivity contribution in [3.63, 3.8) is 0 Å². The summed E-state index contributed by atoms with van der Waals surface area (Å²) >= 11 is 4.88. The summed E-state index contributed by atoms with van der Waals surface area (Å²) in [6.07, 6.45) is 3.20. The molecule has 2 heterocycles. The minimum Gasteiger partial charge on any atom is -0.505 e. The Balaban J connectivity index is 2.02. The average molecular weight is 424 g/mol. The highest BCUT2D eigenvalue weighted by Gasteiger charge is 2.22. The molecular weight excluding hydrogens is 409 g/mol. The maximum absolute atomic E-state index is 13.1. The zero-order valence-corrected chi connectivity index (χ0v) is 15.8.